The maximum Gasteiger partial charge on any atom is 0.108 e. The molecule has 2 radical (unpaired) electrons. The zero-order valence-corrected chi connectivity index (χ0v) is 23.9. The summed E-state index contributed by atoms with van der Waals surface area (Å²) in [7, 11) is 6.69. The van der Waals surface area contributed by atoms with E-state index in [-0.39, 0.29) is 12.0 Å². The summed E-state index contributed by atoms with van der Waals surface area (Å²) in [5.41, 5.74) is 9.52. The molecule has 1 heterocycles. The summed E-state index contributed by atoms with van der Waals surface area (Å²) in [6, 6.07) is 23.7. The first-order valence-electron chi connectivity index (χ1n) is 14.1. The highest BCUT2D eigenvalue weighted by atomic mass is 79.9. The van der Waals surface area contributed by atoms with E-state index < -0.39 is 0 Å². The monoisotopic (exact) mass is 577 g/mol. The number of hydrogen-bond donors (Lipinski definition) is 0. The van der Waals surface area contributed by atoms with Gasteiger partial charge < -0.3 is 0 Å². The summed E-state index contributed by atoms with van der Waals surface area (Å²) in [4.78, 5) is 5.19. The number of nitrogens with zero attached hydrogens (tertiary/aromatic N) is 1. The van der Waals surface area contributed by atoms with Crippen LogP contribution >= 0.6 is 15.9 Å². The fraction of sp³-hybridized carbons (Fsp3) is 0.162. The second-order valence-corrected chi connectivity index (χ2v) is 11.8. The minimum absolute atomic E-state index is 0.00387. The Morgan fingerprint density at radius 3 is 2.27 bits per heavy atom. The lowest BCUT2D eigenvalue weighted by molar-refractivity contribution is 0.667. The molecule has 0 fully saturated rings. The lowest BCUT2D eigenvalue weighted by Gasteiger charge is -2.29. The molecule has 3 atom stereocenters. The van der Waals surface area contributed by atoms with Crippen LogP contribution in [0, 0.1) is 11.8 Å². The second-order valence-electron chi connectivity index (χ2n) is 11.0. The molecule has 3 heteroatoms. The van der Waals surface area contributed by atoms with Crippen LogP contribution in [0.1, 0.15) is 19.3 Å². The molecule has 40 heavy (non-hydrogen) atoms. The first-order chi connectivity index (χ1) is 19.6. The number of hydrogen-bond acceptors (Lipinski definition) is 1. The Labute approximate surface area is 246 Å². The highest BCUT2D eigenvalue weighted by molar-refractivity contribution is 9.10. The molecule has 0 spiro atoms. The maximum atomic E-state index is 6.69. The van der Waals surface area contributed by atoms with Crippen LogP contribution in [-0.2, 0) is 0 Å². The second kappa shape index (κ2) is 10.7. The molecule has 0 N–H and O–H groups in total. The standard InChI is InChI=1S/C37H29BBrN/c38-34-21-31(29-17-13-27(14-18-29)25-9-5-2-6-10-25)23-36-33(34)20-32-19-30(22-35(39)37(32)40-36)28-15-11-26(12-16-28)24-7-3-1-4-8-24/h1,3-5,7-13,15-23,27,33,36H,2,6,14H2. The van der Waals surface area contributed by atoms with Gasteiger partial charge in [0.15, 0.2) is 0 Å². The average molecular weight is 578 g/mol. The molecule has 7 rings (SSSR count). The Kier molecular flexibility index (Phi) is 6.77. The lowest BCUT2D eigenvalue weighted by atomic mass is 9.72. The van der Waals surface area contributed by atoms with E-state index in [9.17, 15) is 0 Å². The van der Waals surface area contributed by atoms with Gasteiger partial charge in [-0.2, -0.15) is 0 Å². The molecule has 1 aliphatic heterocycles. The Morgan fingerprint density at radius 2 is 1.55 bits per heavy atom. The molecule has 0 aromatic heterocycles. The molecule has 1 nitrogen and oxygen atoms in total. The van der Waals surface area contributed by atoms with Crippen LogP contribution in [0.3, 0.4) is 0 Å². The van der Waals surface area contributed by atoms with Crippen molar-refractivity contribution in [3.63, 3.8) is 0 Å². The van der Waals surface area contributed by atoms with E-state index in [2.05, 4.69) is 131 Å². The third kappa shape index (κ3) is 4.88. The molecule has 3 unspecified atom stereocenters. The molecule has 0 saturated heterocycles. The fourth-order valence-electron chi connectivity index (χ4n) is 6.17. The molecular weight excluding hydrogens is 549 g/mol. The van der Waals surface area contributed by atoms with Crippen molar-refractivity contribution in [2.75, 3.05) is 0 Å². The molecule has 3 aromatic rings. The molecule has 0 bridgehead atoms. The third-order valence-electron chi connectivity index (χ3n) is 8.37. The predicted molar refractivity (Wildman–Crippen MR) is 171 cm³/mol. The summed E-state index contributed by atoms with van der Waals surface area (Å²) < 4.78 is 1.01. The molecular formula is C37H29BBrN. The Hall–Kier alpha value is -3.69. The summed E-state index contributed by atoms with van der Waals surface area (Å²) in [5, 5.41) is 2.12. The molecule has 4 aliphatic rings. The SMILES string of the molecule is [B]C1=CC(C2=CCC(C3=CCCC=C3)C=C2)=CC2N=c3c(Br)cc(-c4ccc(-c5ccccc5)cc4)cc3=CC12. The number of benzene rings is 3. The van der Waals surface area contributed by atoms with Crippen LogP contribution in [0.5, 0.6) is 0 Å². The molecule has 0 saturated carbocycles. The third-order valence-corrected chi connectivity index (χ3v) is 8.97. The first kappa shape index (κ1) is 25.3. The topological polar surface area (TPSA) is 12.4 Å². The number of fused-ring (bicyclic) bond motifs is 2. The van der Waals surface area contributed by atoms with Crippen molar-refractivity contribution in [3.05, 3.63) is 153 Å². The van der Waals surface area contributed by atoms with Gasteiger partial charge >= 0.3 is 0 Å². The van der Waals surface area contributed by atoms with Gasteiger partial charge in [-0.15, -0.1) is 5.47 Å². The average Bonchev–Trinajstić information content (AvgIpc) is 3.01. The smallest absolute Gasteiger partial charge is 0.108 e. The number of halogens is 1. The molecule has 3 aromatic carbocycles. The van der Waals surface area contributed by atoms with Gasteiger partial charge in [0.25, 0.3) is 0 Å². The zero-order valence-electron chi connectivity index (χ0n) is 22.3. The molecule has 3 aliphatic carbocycles. The van der Waals surface area contributed by atoms with Crippen LogP contribution < -0.4 is 10.6 Å². The van der Waals surface area contributed by atoms with Crippen molar-refractivity contribution in [1.29, 1.82) is 0 Å². The minimum atomic E-state index is -0.00387. The minimum Gasteiger partial charge on any atom is -0.275 e. The van der Waals surface area contributed by atoms with Crippen molar-refractivity contribution in [3.8, 4) is 22.3 Å². The van der Waals surface area contributed by atoms with Crippen LogP contribution in [0.25, 0.3) is 28.3 Å². The Morgan fingerprint density at radius 1 is 0.775 bits per heavy atom. The first-order valence-corrected chi connectivity index (χ1v) is 14.9. The zero-order chi connectivity index (χ0) is 27.1. The van der Waals surface area contributed by atoms with Crippen molar-refractivity contribution in [1.82, 2.24) is 0 Å². The van der Waals surface area contributed by atoms with Crippen LogP contribution in [0.2, 0.25) is 0 Å². The van der Waals surface area contributed by atoms with Crippen LogP contribution in [-0.4, -0.2) is 13.9 Å². The Balaban J connectivity index is 1.17. The van der Waals surface area contributed by atoms with Gasteiger partial charge in [-0.3, -0.25) is 4.99 Å². The lowest BCUT2D eigenvalue weighted by Crippen LogP contribution is -2.38. The largest absolute Gasteiger partial charge is 0.275 e. The van der Waals surface area contributed by atoms with Crippen molar-refractivity contribution in [2.24, 2.45) is 16.8 Å². The van der Waals surface area contributed by atoms with E-state index in [4.69, 9.17) is 12.8 Å². The van der Waals surface area contributed by atoms with Crippen molar-refractivity contribution in [2.45, 2.75) is 25.3 Å². The van der Waals surface area contributed by atoms with E-state index in [0.717, 1.165) is 39.8 Å². The normalized spacial score (nSPS) is 23.0. The van der Waals surface area contributed by atoms with Crippen LogP contribution in [0.15, 0.2) is 147 Å². The van der Waals surface area contributed by atoms with E-state index in [1.54, 1.807) is 0 Å². The quantitative estimate of drug-likeness (QED) is 0.279. The summed E-state index contributed by atoms with van der Waals surface area (Å²) in [5.74, 6) is 0.537. The van der Waals surface area contributed by atoms with Gasteiger partial charge in [0.1, 0.15) is 7.85 Å². The van der Waals surface area contributed by atoms with Gasteiger partial charge in [-0.1, -0.05) is 109 Å². The highest BCUT2D eigenvalue weighted by Gasteiger charge is 2.26. The van der Waals surface area contributed by atoms with Gasteiger partial charge in [-0.05, 0) is 91.5 Å². The van der Waals surface area contributed by atoms with E-state index in [0.29, 0.717) is 5.92 Å². The fourth-order valence-corrected chi connectivity index (χ4v) is 6.75. The number of rotatable bonds is 4. The number of allylic oxidation sites excluding steroid dienone is 10. The van der Waals surface area contributed by atoms with Gasteiger partial charge in [0.05, 0.1) is 11.4 Å². The van der Waals surface area contributed by atoms with Gasteiger partial charge in [0, 0.05) is 16.3 Å². The van der Waals surface area contributed by atoms with Crippen molar-refractivity contribution < 1.29 is 0 Å². The van der Waals surface area contributed by atoms with Crippen molar-refractivity contribution >= 4 is 29.9 Å². The molecule has 0 amide bonds. The highest BCUT2D eigenvalue weighted by Crippen LogP contribution is 2.35. The van der Waals surface area contributed by atoms with E-state index in [1.807, 2.05) is 6.07 Å². The van der Waals surface area contributed by atoms with Gasteiger partial charge in [0.2, 0.25) is 0 Å². The van der Waals surface area contributed by atoms with Gasteiger partial charge in [-0.25, -0.2) is 0 Å². The maximum absolute atomic E-state index is 6.69. The Bertz CT molecular complexity index is 1780. The molecule has 192 valence electrons. The van der Waals surface area contributed by atoms with E-state index in [1.165, 1.54) is 39.0 Å². The van der Waals surface area contributed by atoms with E-state index >= 15 is 0 Å². The summed E-state index contributed by atoms with van der Waals surface area (Å²) in [6.07, 6.45) is 24.0. The van der Waals surface area contributed by atoms with Crippen LogP contribution in [0.4, 0.5) is 0 Å². The summed E-state index contributed by atoms with van der Waals surface area (Å²) in [6.45, 7) is 0. The summed E-state index contributed by atoms with van der Waals surface area (Å²) >= 11 is 3.84. The predicted octanol–water partition coefficient (Wildman–Crippen LogP) is 7.95.